The van der Waals surface area contributed by atoms with Gasteiger partial charge in [-0.15, -0.1) is 0 Å². The predicted octanol–water partition coefficient (Wildman–Crippen LogP) is 3.67. The molecular formula is C25H25F3N4O2. The maximum atomic E-state index is 13.3. The molecule has 178 valence electrons. The fraction of sp³-hybridized carbons (Fsp3) is 0.400. The number of anilines is 1. The second-order valence-electron chi connectivity index (χ2n) is 8.91. The Bertz CT molecular complexity index is 1110. The number of benzene rings is 2. The number of amides is 2. The number of primary amides is 1. The number of piperidine rings is 1. The summed E-state index contributed by atoms with van der Waals surface area (Å²) in [5.41, 5.74) is 5.32. The van der Waals surface area contributed by atoms with Crippen molar-refractivity contribution in [1.82, 2.24) is 4.90 Å². The lowest BCUT2D eigenvalue weighted by molar-refractivity contribution is -0.137. The predicted molar refractivity (Wildman–Crippen MR) is 120 cm³/mol. The molecule has 9 heteroatoms. The van der Waals surface area contributed by atoms with Gasteiger partial charge in [0.2, 0.25) is 5.91 Å². The van der Waals surface area contributed by atoms with Crippen molar-refractivity contribution >= 4 is 17.5 Å². The molecule has 0 aliphatic carbocycles. The van der Waals surface area contributed by atoms with E-state index in [0.29, 0.717) is 43.7 Å². The average molecular weight is 470 g/mol. The molecule has 2 aliphatic rings. The first kappa shape index (κ1) is 23.6. The van der Waals surface area contributed by atoms with E-state index in [1.165, 1.54) is 12.1 Å². The van der Waals surface area contributed by atoms with Gasteiger partial charge in [0.05, 0.1) is 23.1 Å². The van der Waals surface area contributed by atoms with E-state index in [-0.39, 0.29) is 24.3 Å². The van der Waals surface area contributed by atoms with Crippen molar-refractivity contribution in [3.8, 4) is 6.07 Å². The summed E-state index contributed by atoms with van der Waals surface area (Å²) in [7, 11) is 0. The van der Waals surface area contributed by atoms with Gasteiger partial charge in [-0.2, -0.15) is 18.4 Å². The molecular weight excluding hydrogens is 445 g/mol. The number of hydrogen-bond acceptors (Lipinski definition) is 4. The minimum absolute atomic E-state index is 0.0842. The summed E-state index contributed by atoms with van der Waals surface area (Å²) in [4.78, 5) is 28.6. The Morgan fingerprint density at radius 2 is 1.71 bits per heavy atom. The number of halogens is 3. The van der Waals surface area contributed by atoms with Gasteiger partial charge in [0, 0.05) is 37.4 Å². The normalized spacial score (nSPS) is 21.4. The Morgan fingerprint density at radius 3 is 2.29 bits per heavy atom. The number of nitrogens with zero attached hydrogens (tertiary/aromatic N) is 3. The summed E-state index contributed by atoms with van der Waals surface area (Å²) in [5.74, 6) is -0.973. The van der Waals surface area contributed by atoms with Crippen molar-refractivity contribution < 1.29 is 22.8 Å². The van der Waals surface area contributed by atoms with Gasteiger partial charge < -0.3 is 15.5 Å². The first-order valence-corrected chi connectivity index (χ1v) is 11.2. The molecule has 4 rings (SSSR count). The number of nitriles is 1. The van der Waals surface area contributed by atoms with Crippen molar-refractivity contribution in [1.29, 1.82) is 5.26 Å². The van der Waals surface area contributed by atoms with Crippen molar-refractivity contribution in [2.45, 2.75) is 19.0 Å². The Balaban J connectivity index is 1.45. The van der Waals surface area contributed by atoms with Crippen LogP contribution < -0.4 is 10.6 Å². The lowest BCUT2D eigenvalue weighted by Crippen LogP contribution is -2.40. The van der Waals surface area contributed by atoms with E-state index in [1.54, 1.807) is 35.2 Å². The van der Waals surface area contributed by atoms with Gasteiger partial charge in [0.25, 0.3) is 5.91 Å². The van der Waals surface area contributed by atoms with Crippen molar-refractivity contribution in [3.05, 3.63) is 65.2 Å². The highest BCUT2D eigenvalue weighted by atomic mass is 19.4. The molecule has 0 unspecified atom stereocenters. The molecule has 2 fully saturated rings. The summed E-state index contributed by atoms with van der Waals surface area (Å²) in [6.07, 6.45) is -3.26. The molecule has 2 saturated heterocycles. The number of hydrogen-bond donors (Lipinski definition) is 1. The van der Waals surface area contributed by atoms with Gasteiger partial charge >= 0.3 is 6.18 Å². The van der Waals surface area contributed by atoms with E-state index < -0.39 is 29.1 Å². The topological polar surface area (TPSA) is 90.4 Å². The summed E-state index contributed by atoms with van der Waals surface area (Å²) >= 11 is 0. The van der Waals surface area contributed by atoms with Gasteiger partial charge in [-0.25, -0.2) is 0 Å². The van der Waals surface area contributed by atoms with Crippen LogP contribution in [0.3, 0.4) is 0 Å². The van der Waals surface area contributed by atoms with Crippen LogP contribution in [0.25, 0.3) is 0 Å². The van der Waals surface area contributed by atoms with Gasteiger partial charge in [-0.1, -0.05) is 18.2 Å². The molecule has 2 N–H and O–H groups in total. The molecule has 0 aromatic heterocycles. The number of nitrogens with two attached hydrogens (primary N) is 1. The zero-order chi connectivity index (χ0) is 24.5. The number of rotatable bonds is 4. The van der Waals surface area contributed by atoms with E-state index in [1.807, 2.05) is 11.0 Å². The van der Waals surface area contributed by atoms with Crippen molar-refractivity contribution in [3.63, 3.8) is 0 Å². The van der Waals surface area contributed by atoms with E-state index in [2.05, 4.69) is 0 Å². The molecule has 2 aliphatic heterocycles. The lowest BCUT2D eigenvalue weighted by atomic mass is 9.78. The molecule has 0 saturated carbocycles. The Labute approximate surface area is 195 Å². The summed E-state index contributed by atoms with van der Waals surface area (Å²) < 4.78 is 40.0. The second-order valence-corrected chi connectivity index (χ2v) is 8.91. The first-order chi connectivity index (χ1) is 16.2. The van der Waals surface area contributed by atoms with E-state index >= 15 is 0 Å². The second kappa shape index (κ2) is 9.37. The van der Waals surface area contributed by atoms with Crippen LogP contribution in [0.15, 0.2) is 48.5 Å². The monoisotopic (exact) mass is 470 g/mol. The largest absolute Gasteiger partial charge is 0.417 e. The Kier molecular flexibility index (Phi) is 6.51. The van der Waals surface area contributed by atoms with Crippen LogP contribution in [0.4, 0.5) is 18.9 Å². The molecule has 2 heterocycles. The molecule has 34 heavy (non-hydrogen) atoms. The number of carbonyl (C=O) groups excluding carboxylic acids is 2. The van der Waals surface area contributed by atoms with Crippen LogP contribution in [0.1, 0.15) is 34.3 Å². The molecule has 6 nitrogen and oxygen atoms in total. The molecule has 2 amide bonds. The quantitative estimate of drug-likeness (QED) is 0.738. The van der Waals surface area contributed by atoms with Gasteiger partial charge in [0.1, 0.15) is 0 Å². The maximum absolute atomic E-state index is 13.3. The van der Waals surface area contributed by atoms with Crippen LogP contribution in [0, 0.1) is 29.1 Å². The molecule has 0 bridgehead atoms. The third-order valence-corrected chi connectivity index (χ3v) is 6.98. The fourth-order valence-corrected chi connectivity index (χ4v) is 5.18. The molecule has 2 aromatic rings. The fourth-order valence-electron chi connectivity index (χ4n) is 5.18. The van der Waals surface area contributed by atoms with E-state index in [4.69, 9.17) is 11.0 Å². The van der Waals surface area contributed by atoms with Crippen LogP contribution >= 0.6 is 0 Å². The summed E-state index contributed by atoms with van der Waals surface area (Å²) in [5, 5.41) is 9.01. The summed E-state index contributed by atoms with van der Waals surface area (Å²) in [6, 6.07) is 14.3. The molecule has 2 aromatic carbocycles. The lowest BCUT2D eigenvalue weighted by Gasteiger charge is -2.37. The Hall–Kier alpha value is -3.54. The smallest absolute Gasteiger partial charge is 0.372 e. The Morgan fingerprint density at radius 1 is 1.03 bits per heavy atom. The average Bonchev–Trinajstić information content (AvgIpc) is 3.29. The third kappa shape index (κ3) is 4.72. The summed E-state index contributed by atoms with van der Waals surface area (Å²) in [6.45, 7) is 1.74. The number of carbonyl (C=O) groups is 2. The minimum Gasteiger partial charge on any atom is -0.372 e. The van der Waals surface area contributed by atoms with Gasteiger partial charge in [0.15, 0.2) is 0 Å². The SMILES string of the molecule is N#Cc1ccc(N2CCC([C@@H]3CN(C(=O)c4ccccc4)C[C@H]3C(N)=O)CC2)cc1C(F)(F)F. The van der Waals surface area contributed by atoms with Crippen LogP contribution in [-0.2, 0) is 11.0 Å². The standard InChI is InChI=1S/C25H25F3N4O2/c26-25(27,28)22-12-19(7-6-18(22)13-29)31-10-8-16(9-11-31)20-14-32(15-21(20)23(30)33)24(34)17-4-2-1-3-5-17/h1-7,12,16,20-21H,8-11,14-15H2,(H2,30,33)/t20-,21+/m0/s1. The van der Waals surface area contributed by atoms with Gasteiger partial charge in [-0.05, 0) is 55.0 Å². The van der Waals surface area contributed by atoms with E-state index in [0.717, 1.165) is 6.07 Å². The minimum atomic E-state index is -4.60. The van der Waals surface area contributed by atoms with E-state index in [9.17, 15) is 22.8 Å². The maximum Gasteiger partial charge on any atom is 0.417 e. The van der Waals surface area contributed by atoms with Crippen LogP contribution in [0.5, 0.6) is 0 Å². The highest BCUT2D eigenvalue weighted by Gasteiger charge is 2.43. The zero-order valence-electron chi connectivity index (χ0n) is 18.5. The highest BCUT2D eigenvalue weighted by Crippen LogP contribution is 2.39. The molecule has 0 radical (unpaired) electrons. The highest BCUT2D eigenvalue weighted by molar-refractivity contribution is 5.95. The molecule has 0 spiro atoms. The third-order valence-electron chi connectivity index (χ3n) is 6.98. The zero-order valence-corrected chi connectivity index (χ0v) is 18.5. The molecule has 2 atom stereocenters. The van der Waals surface area contributed by atoms with Gasteiger partial charge in [-0.3, -0.25) is 9.59 Å². The number of alkyl halides is 3. The van der Waals surface area contributed by atoms with Crippen molar-refractivity contribution in [2.24, 2.45) is 23.5 Å². The van der Waals surface area contributed by atoms with Crippen LogP contribution in [-0.4, -0.2) is 42.9 Å². The van der Waals surface area contributed by atoms with Crippen molar-refractivity contribution in [2.75, 3.05) is 31.1 Å². The first-order valence-electron chi connectivity index (χ1n) is 11.2. The van der Waals surface area contributed by atoms with Crippen LogP contribution in [0.2, 0.25) is 0 Å². The number of likely N-dealkylation sites (tertiary alicyclic amines) is 1.